The zero-order chi connectivity index (χ0) is 27.5. The van der Waals surface area contributed by atoms with Gasteiger partial charge in [-0.15, -0.1) is 0 Å². The molecule has 0 bridgehead atoms. The molecule has 10 nitrogen and oxygen atoms in total. The highest BCUT2D eigenvalue weighted by molar-refractivity contribution is 5.82. The lowest BCUT2D eigenvalue weighted by Crippen LogP contribution is -2.35. The molecule has 0 aromatic rings. The highest BCUT2D eigenvalue weighted by Gasteiger charge is 2.37. The van der Waals surface area contributed by atoms with E-state index in [0.717, 1.165) is 51.7 Å². The third-order valence-electron chi connectivity index (χ3n) is 6.09. The lowest BCUT2D eigenvalue weighted by molar-refractivity contribution is -0.164. The molecule has 0 saturated heterocycles. The summed E-state index contributed by atoms with van der Waals surface area (Å²) in [6.07, 6.45) is 7.41. The molecule has 1 rings (SSSR count). The molecule has 0 heterocycles. The van der Waals surface area contributed by atoms with Crippen molar-refractivity contribution < 1.29 is 47.5 Å². The fraction of sp³-hybridized carbons (Fsp3) is 0.929. The van der Waals surface area contributed by atoms with Gasteiger partial charge in [0, 0.05) is 13.2 Å². The minimum Gasteiger partial charge on any atom is -0.463 e. The van der Waals surface area contributed by atoms with Crippen molar-refractivity contribution in [3.05, 3.63) is 0 Å². The molecule has 2 unspecified atom stereocenters. The average molecular weight is 549 g/mol. The van der Waals surface area contributed by atoms with Crippen LogP contribution in [0.3, 0.4) is 0 Å². The summed E-state index contributed by atoms with van der Waals surface area (Å²) in [6.45, 7) is 10.7. The molecule has 1 aliphatic carbocycles. The molecule has 0 aromatic carbocycles. The lowest BCUT2D eigenvalue weighted by Gasteiger charge is -2.28. The Kier molecular flexibility index (Phi) is 23.7. The van der Waals surface area contributed by atoms with E-state index in [2.05, 4.69) is 13.8 Å². The van der Waals surface area contributed by atoms with E-state index in [0.29, 0.717) is 65.7 Å². The molecule has 0 N–H and O–H groups in total. The van der Waals surface area contributed by atoms with Gasteiger partial charge in [-0.05, 0) is 25.7 Å². The smallest absolute Gasteiger partial charge is 0.309 e. The fourth-order valence-electron chi connectivity index (χ4n) is 3.89. The maximum Gasteiger partial charge on any atom is 0.309 e. The van der Waals surface area contributed by atoms with Crippen molar-refractivity contribution in [3.63, 3.8) is 0 Å². The summed E-state index contributed by atoms with van der Waals surface area (Å²) in [5.74, 6) is -1.66. The van der Waals surface area contributed by atoms with Crippen molar-refractivity contribution in [1.29, 1.82) is 0 Å². The Morgan fingerprint density at radius 2 is 0.763 bits per heavy atom. The van der Waals surface area contributed by atoms with E-state index >= 15 is 0 Å². The molecule has 1 aliphatic rings. The van der Waals surface area contributed by atoms with Gasteiger partial charge in [0.25, 0.3) is 0 Å². The number of hydrogen-bond acceptors (Lipinski definition) is 10. The summed E-state index contributed by atoms with van der Waals surface area (Å²) in [6, 6.07) is 0. The standard InChI is InChI=1S/C28H52O10/c1-3-5-11-31-13-15-33-17-19-35-21-23-37-27(29)25-9-7-8-10-26(25)28(30)38-24-22-36-20-18-34-16-14-32-12-6-4-2/h25-26H,3-24H2,1-2H3. The van der Waals surface area contributed by atoms with Crippen molar-refractivity contribution in [2.45, 2.75) is 65.2 Å². The summed E-state index contributed by atoms with van der Waals surface area (Å²) >= 11 is 0. The predicted octanol–water partition coefficient (Wildman–Crippen LogP) is 3.58. The van der Waals surface area contributed by atoms with E-state index in [4.69, 9.17) is 37.9 Å². The van der Waals surface area contributed by atoms with Crippen LogP contribution in [0.15, 0.2) is 0 Å². The van der Waals surface area contributed by atoms with E-state index < -0.39 is 11.8 Å². The molecule has 0 spiro atoms. The highest BCUT2D eigenvalue weighted by Crippen LogP contribution is 2.32. The van der Waals surface area contributed by atoms with Crippen molar-refractivity contribution >= 4 is 11.9 Å². The van der Waals surface area contributed by atoms with Crippen molar-refractivity contribution in [2.24, 2.45) is 11.8 Å². The minimum absolute atomic E-state index is 0.151. The summed E-state index contributed by atoms with van der Waals surface area (Å²) in [4.78, 5) is 25.2. The molecule has 0 radical (unpaired) electrons. The molecule has 38 heavy (non-hydrogen) atoms. The molecule has 1 fully saturated rings. The van der Waals surface area contributed by atoms with Crippen LogP contribution in [0.25, 0.3) is 0 Å². The van der Waals surface area contributed by atoms with Gasteiger partial charge in [0.1, 0.15) is 13.2 Å². The van der Waals surface area contributed by atoms with Crippen LogP contribution in [0, 0.1) is 11.8 Å². The average Bonchev–Trinajstić information content (AvgIpc) is 2.94. The monoisotopic (exact) mass is 548 g/mol. The fourth-order valence-corrected chi connectivity index (χ4v) is 3.89. The Balaban J connectivity index is 2.05. The van der Waals surface area contributed by atoms with E-state index in [-0.39, 0.29) is 38.4 Å². The number of hydrogen-bond donors (Lipinski definition) is 0. The Morgan fingerprint density at radius 1 is 0.474 bits per heavy atom. The van der Waals surface area contributed by atoms with E-state index in [1.807, 2.05) is 0 Å². The van der Waals surface area contributed by atoms with Crippen LogP contribution < -0.4 is 0 Å². The van der Waals surface area contributed by atoms with Crippen LogP contribution in [-0.4, -0.2) is 104 Å². The maximum atomic E-state index is 12.6. The van der Waals surface area contributed by atoms with Gasteiger partial charge in [-0.3, -0.25) is 9.59 Å². The number of carbonyl (C=O) groups is 2. The summed E-state index contributed by atoms with van der Waals surface area (Å²) in [7, 11) is 0. The Bertz CT molecular complexity index is 512. The second-order valence-corrected chi connectivity index (χ2v) is 9.21. The van der Waals surface area contributed by atoms with Gasteiger partial charge < -0.3 is 37.9 Å². The van der Waals surface area contributed by atoms with E-state index in [1.165, 1.54) is 0 Å². The van der Waals surface area contributed by atoms with Gasteiger partial charge >= 0.3 is 11.9 Å². The third-order valence-corrected chi connectivity index (χ3v) is 6.09. The molecular formula is C28H52O10. The van der Waals surface area contributed by atoms with Crippen LogP contribution in [-0.2, 0) is 47.5 Å². The van der Waals surface area contributed by atoms with Gasteiger partial charge in [0.2, 0.25) is 0 Å². The van der Waals surface area contributed by atoms with Crippen molar-refractivity contribution in [3.8, 4) is 0 Å². The van der Waals surface area contributed by atoms with Crippen molar-refractivity contribution in [2.75, 3.05) is 92.5 Å². The van der Waals surface area contributed by atoms with Crippen LogP contribution in [0.2, 0.25) is 0 Å². The Hall–Kier alpha value is -1.30. The molecule has 0 amide bonds. The highest BCUT2D eigenvalue weighted by atomic mass is 16.6. The first-order valence-corrected chi connectivity index (χ1v) is 14.5. The quantitative estimate of drug-likeness (QED) is 0.118. The van der Waals surface area contributed by atoms with Gasteiger partial charge in [-0.2, -0.15) is 0 Å². The molecular weight excluding hydrogens is 496 g/mol. The van der Waals surface area contributed by atoms with E-state index in [1.54, 1.807) is 0 Å². The molecule has 0 aliphatic heterocycles. The Morgan fingerprint density at radius 3 is 1.08 bits per heavy atom. The molecule has 2 atom stereocenters. The minimum atomic E-state index is -0.471. The summed E-state index contributed by atoms with van der Waals surface area (Å²) < 4.78 is 43.4. The van der Waals surface area contributed by atoms with Gasteiger partial charge in [-0.1, -0.05) is 39.5 Å². The number of ether oxygens (including phenoxy) is 8. The van der Waals surface area contributed by atoms with E-state index in [9.17, 15) is 9.59 Å². The van der Waals surface area contributed by atoms with Gasteiger partial charge in [0.15, 0.2) is 0 Å². The lowest BCUT2D eigenvalue weighted by atomic mass is 9.79. The first-order valence-electron chi connectivity index (χ1n) is 14.5. The SMILES string of the molecule is CCCCOCCOCCOCCOC(=O)C1CCCCC1C(=O)OCCOCCOCCOCCCC. The molecule has 224 valence electrons. The Labute approximate surface area is 229 Å². The number of unbranched alkanes of at least 4 members (excludes halogenated alkanes) is 2. The zero-order valence-corrected chi connectivity index (χ0v) is 23.8. The van der Waals surface area contributed by atoms with Crippen LogP contribution in [0.4, 0.5) is 0 Å². The number of carbonyl (C=O) groups excluding carboxylic acids is 2. The van der Waals surface area contributed by atoms with Crippen LogP contribution in [0.5, 0.6) is 0 Å². The normalized spacial score (nSPS) is 17.4. The largest absolute Gasteiger partial charge is 0.463 e. The second-order valence-electron chi connectivity index (χ2n) is 9.21. The van der Waals surface area contributed by atoms with Crippen LogP contribution >= 0.6 is 0 Å². The summed E-state index contributed by atoms with van der Waals surface area (Å²) in [5.41, 5.74) is 0. The van der Waals surface area contributed by atoms with Gasteiger partial charge in [0.05, 0.1) is 77.9 Å². The topological polar surface area (TPSA) is 108 Å². The first-order chi connectivity index (χ1) is 18.7. The zero-order valence-electron chi connectivity index (χ0n) is 23.8. The second kappa shape index (κ2) is 26.0. The predicted molar refractivity (Wildman–Crippen MR) is 142 cm³/mol. The first kappa shape index (κ1) is 34.7. The summed E-state index contributed by atoms with van der Waals surface area (Å²) in [5, 5.41) is 0. The van der Waals surface area contributed by atoms with Gasteiger partial charge in [-0.25, -0.2) is 0 Å². The van der Waals surface area contributed by atoms with Crippen molar-refractivity contribution in [1.82, 2.24) is 0 Å². The molecule has 10 heteroatoms. The number of rotatable bonds is 26. The third kappa shape index (κ3) is 18.9. The number of esters is 2. The molecule has 1 saturated carbocycles. The maximum absolute atomic E-state index is 12.6. The molecule has 0 aromatic heterocycles. The van der Waals surface area contributed by atoms with Crippen LogP contribution in [0.1, 0.15) is 65.2 Å².